The van der Waals surface area contributed by atoms with E-state index in [9.17, 15) is 9.59 Å². The molecule has 0 bridgehead atoms. The Morgan fingerprint density at radius 1 is 1.21 bits per heavy atom. The normalized spacial score (nSPS) is 23.7. The van der Waals surface area contributed by atoms with Gasteiger partial charge in [-0.1, -0.05) is 12.1 Å². The van der Waals surface area contributed by atoms with E-state index in [1.807, 2.05) is 24.3 Å². The van der Waals surface area contributed by atoms with E-state index in [2.05, 4.69) is 10.6 Å². The predicted octanol–water partition coefficient (Wildman–Crippen LogP) is 0.557. The van der Waals surface area contributed by atoms with Crippen molar-refractivity contribution in [2.75, 3.05) is 13.1 Å². The van der Waals surface area contributed by atoms with Gasteiger partial charge in [-0.05, 0) is 24.1 Å². The zero-order chi connectivity index (χ0) is 13.2. The molecule has 2 amide bonds. The van der Waals surface area contributed by atoms with Gasteiger partial charge in [-0.2, -0.15) is 0 Å². The van der Waals surface area contributed by atoms with Crippen LogP contribution in [-0.2, 0) is 9.59 Å². The van der Waals surface area contributed by atoms with Crippen LogP contribution in [0.15, 0.2) is 24.3 Å². The van der Waals surface area contributed by atoms with Crippen molar-refractivity contribution in [1.82, 2.24) is 10.6 Å². The molecule has 2 aliphatic heterocycles. The van der Waals surface area contributed by atoms with Crippen LogP contribution >= 0.6 is 0 Å². The highest BCUT2D eigenvalue weighted by Gasteiger charge is 2.28. The molecule has 0 aliphatic carbocycles. The van der Waals surface area contributed by atoms with E-state index in [0.717, 1.165) is 24.4 Å². The van der Waals surface area contributed by atoms with Crippen molar-refractivity contribution in [2.45, 2.75) is 24.9 Å². The zero-order valence-electron chi connectivity index (χ0n) is 10.5. The Hall–Kier alpha value is -1.88. The number of carbonyl (C=O) groups is 2. The van der Waals surface area contributed by atoms with E-state index in [1.165, 1.54) is 0 Å². The highest BCUT2D eigenvalue weighted by Crippen LogP contribution is 2.27. The van der Waals surface area contributed by atoms with Crippen LogP contribution in [0, 0.1) is 0 Å². The first-order chi connectivity index (χ1) is 9.22. The second-order valence-corrected chi connectivity index (χ2v) is 4.97. The second-order valence-electron chi connectivity index (χ2n) is 4.97. The van der Waals surface area contributed by atoms with Gasteiger partial charge in [0.05, 0.1) is 5.92 Å². The van der Waals surface area contributed by atoms with E-state index >= 15 is 0 Å². The third kappa shape index (κ3) is 2.61. The Morgan fingerprint density at radius 2 is 2.05 bits per heavy atom. The number of hydrogen-bond donors (Lipinski definition) is 2. The first-order valence-electron chi connectivity index (χ1n) is 6.53. The molecule has 0 saturated carbocycles. The molecule has 0 aromatic heterocycles. The summed E-state index contributed by atoms with van der Waals surface area (Å²) >= 11 is 0. The minimum atomic E-state index is -0.249. The molecule has 1 unspecified atom stereocenters. The molecule has 5 nitrogen and oxygen atoms in total. The van der Waals surface area contributed by atoms with E-state index in [0.29, 0.717) is 12.8 Å². The minimum Gasteiger partial charge on any atom is -0.488 e. The highest BCUT2D eigenvalue weighted by molar-refractivity contribution is 6.00. The molecule has 1 aromatic carbocycles. The standard InChI is InChI=1S/C14H16N2O3/c17-13-5-4-12(14(18)16-13)9-2-1-3-10(6-9)19-11-7-15-8-11/h1-3,6,11-12,15H,4-5,7-8H2,(H,16,17,18). The number of hydrogen-bond acceptors (Lipinski definition) is 4. The van der Waals surface area contributed by atoms with Crippen molar-refractivity contribution in [3.05, 3.63) is 29.8 Å². The average molecular weight is 260 g/mol. The number of carbonyl (C=O) groups excluding carboxylic acids is 2. The first kappa shape index (κ1) is 12.2. The lowest BCUT2D eigenvalue weighted by Crippen LogP contribution is -2.50. The average Bonchev–Trinajstić information content (AvgIpc) is 2.34. The molecule has 0 spiro atoms. The molecule has 5 heteroatoms. The van der Waals surface area contributed by atoms with Crippen LogP contribution in [0.5, 0.6) is 5.75 Å². The fourth-order valence-electron chi connectivity index (χ4n) is 2.35. The summed E-state index contributed by atoms with van der Waals surface area (Å²) < 4.78 is 5.78. The number of imide groups is 1. The Kier molecular flexibility index (Phi) is 3.21. The van der Waals surface area contributed by atoms with Crippen molar-refractivity contribution in [2.24, 2.45) is 0 Å². The van der Waals surface area contributed by atoms with Gasteiger partial charge in [0.15, 0.2) is 0 Å². The molecule has 1 atom stereocenters. The van der Waals surface area contributed by atoms with Gasteiger partial charge in [0.25, 0.3) is 0 Å². The summed E-state index contributed by atoms with van der Waals surface area (Å²) in [7, 11) is 0. The van der Waals surface area contributed by atoms with Gasteiger partial charge in [-0.15, -0.1) is 0 Å². The van der Waals surface area contributed by atoms with Gasteiger partial charge >= 0.3 is 0 Å². The number of nitrogens with one attached hydrogen (secondary N) is 2. The fourth-order valence-corrected chi connectivity index (χ4v) is 2.35. The zero-order valence-corrected chi connectivity index (χ0v) is 10.5. The molecule has 3 rings (SSSR count). The molecule has 2 saturated heterocycles. The Morgan fingerprint density at radius 3 is 2.74 bits per heavy atom. The van der Waals surface area contributed by atoms with Crippen LogP contribution < -0.4 is 15.4 Å². The topological polar surface area (TPSA) is 67.4 Å². The third-order valence-electron chi connectivity index (χ3n) is 3.55. The molecule has 19 heavy (non-hydrogen) atoms. The van der Waals surface area contributed by atoms with Gasteiger partial charge in [-0.3, -0.25) is 14.9 Å². The Balaban J connectivity index is 1.74. The van der Waals surface area contributed by atoms with Crippen LogP contribution in [-0.4, -0.2) is 31.0 Å². The maximum Gasteiger partial charge on any atom is 0.234 e. The van der Waals surface area contributed by atoms with Gasteiger partial charge in [0.1, 0.15) is 11.9 Å². The molecule has 2 heterocycles. The van der Waals surface area contributed by atoms with Crippen molar-refractivity contribution in [3.8, 4) is 5.75 Å². The van der Waals surface area contributed by atoms with Crippen LogP contribution in [0.4, 0.5) is 0 Å². The van der Waals surface area contributed by atoms with Crippen molar-refractivity contribution in [3.63, 3.8) is 0 Å². The van der Waals surface area contributed by atoms with E-state index in [1.54, 1.807) is 0 Å². The van der Waals surface area contributed by atoms with Crippen molar-refractivity contribution >= 4 is 11.8 Å². The largest absolute Gasteiger partial charge is 0.488 e. The molecular weight excluding hydrogens is 244 g/mol. The van der Waals surface area contributed by atoms with Gasteiger partial charge in [-0.25, -0.2) is 0 Å². The Labute approximate surface area is 111 Å². The van der Waals surface area contributed by atoms with Gasteiger partial charge < -0.3 is 10.1 Å². The van der Waals surface area contributed by atoms with Crippen molar-refractivity contribution in [1.29, 1.82) is 0 Å². The summed E-state index contributed by atoms with van der Waals surface area (Å²) in [5, 5.41) is 5.53. The Bertz CT molecular complexity index is 511. The summed E-state index contributed by atoms with van der Waals surface area (Å²) in [4.78, 5) is 23.0. The third-order valence-corrected chi connectivity index (χ3v) is 3.55. The maximum absolute atomic E-state index is 11.8. The minimum absolute atomic E-state index is 0.186. The lowest BCUT2D eigenvalue weighted by molar-refractivity contribution is -0.134. The lowest BCUT2D eigenvalue weighted by Gasteiger charge is -2.28. The predicted molar refractivity (Wildman–Crippen MR) is 68.9 cm³/mol. The van der Waals surface area contributed by atoms with E-state index < -0.39 is 0 Å². The highest BCUT2D eigenvalue weighted by atomic mass is 16.5. The smallest absolute Gasteiger partial charge is 0.234 e. The first-order valence-corrected chi connectivity index (χ1v) is 6.53. The summed E-state index contributed by atoms with van der Waals surface area (Å²) in [6.45, 7) is 1.73. The molecule has 0 radical (unpaired) electrons. The van der Waals surface area contributed by atoms with Gasteiger partial charge in [0, 0.05) is 19.5 Å². The summed E-state index contributed by atoms with van der Waals surface area (Å²) in [6.07, 6.45) is 1.18. The molecule has 2 fully saturated rings. The monoisotopic (exact) mass is 260 g/mol. The van der Waals surface area contributed by atoms with Crippen LogP contribution in [0.25, 0.3) is 0 Å². The number of ether oxygens (including phenoxy) is 1. The van der Waals surface area contributed by atoms with E-state index in [-0.39, 0.29) is 23.8 Å². The quantitative estimate of drug-likeness (QED) is 0.779. The van der Waals surface area contributed by atoms with Crippen LogP contribution in [0.1, 0.15) is 24.3 Å². The number of piperidine rings is 1. The van der Waals surface area contributed by atoms with Crippen molar-refractivity contribution < 1.29 is 14.3 Å². The SMILES string of the molecule is O=C1CCC(c2cccc(OC3CNC3)c2)C(=O)N1. The summed E-state index contributed by atoms with van der Waals surface area (Å²) in [5.74, 6) is 0.141. The number of rotatable bonds is 3. The van der Waals surface area contributed by atoms with Crippen LogP contribution in [0.2, 0.25) is 0 Å². The van der Waals surface area contributed by atoms with Gasteiger partial charge in [0.2, 0.25) is 11.8 Å². The van der Waals surface area contributed by atoms with Crippen LogP contribution in [0.3, 0.4) is 0 Å². The second kappa shape index (κ2) is 5.01. The van der Waals surface area contributed by atoms with E-state index in [4.69, 9.17) is 4.74 Å². The molecule has 2 aliphatic rings. The number of amides is 2. The lowest BCUT2D eigenvalue weighted by atomic mass is 9.90. The molecule has 100 valence electrons. The molecule has 1 aromatic rings. The maximum atomic E-state index is 11.8. The molecular formula is C14H16N2O3. The summed E-state index contributed by atoms with van der Waals surface area (Å²) in [6, 6.07) is 7.60. The number of benzene rings is 1. The molecule has 2 N–H and O–H groups in total. The fraction of sp³-hybridized carbons (Fsp3) is 0.429. The summed E-state index contributed by atoms with van der Waals surface area (Å²) in [5.41, 5.74) is 0.912.